The van der Waals surface area contributed by atoms with E-state index in [-0.39, 0.29) is 0 Å². The summed E-state index contributed by atoms with van der Waals surface area (Å²) in [7, 11) is 0. The molecule has 0 N–H and O–H groups in total. The lowest BCUT2D eigenvalue weighted by Gasteiger charge is -2.57. The number of benzene rings is 9. The summed E-state index contributed by atoms with van der Waals surface area (Å²) in [5.74, 6) is 2.86. The zero-order valence-electron chi connectivity index (χ0n) is 36.0. The maximum atomic E-state index is 2.48. The summed E-state index contributed by atoms with van der Waals surface area (Å²) >= 11 is 1.89. The van der Waals surface area contributed by atoms with Crippen LogP contribution < -0.4 is 4.90 Å². The van der Waals surface area contributed by atoms with Crippen LogP contribution in [-0.4, -0.2) is 0 Å². The lowest BCUT2D eigenvalue weighted by Crippen LogP contribution is -2.48. The largest absolute Gasteiger partial charge is 0.311 e. The molecule has 4 fully saturated rings. The fourth-order valence-corrected chi connectivity index (χ4v) is 14.0. The Labute approximate surface area is 380 Å². The third-order valence-corrected chi connectivity index (χ3v) is 16.5. The second-order valence-electron chi connectivity index (χ2n) is 19.1. The van der Waals surface area contributed by atoms with Crippen molar-refractivity contribution in [3.63, 3.8) is 0 Å². The predicted octanol–water partition coefficient (Wildman–Crippen LogP) is 17.8. The number of nitrogens with zero attached hydrogens (tertiary/aromatic N) is 1. The molecule has 0 saturated heterocycles. The molecule has 308 valence electrons. The zero-order valence-corrected chi connectivity index (χ0v) is 36.8. The van der Waals surface area contributed by atoms with Crippen LogP contribution in [0.5, 0.6) is 0 Å². The van der Waals surface area contributed by atoms with E-state index in [1.807, 2.05) is 11.3 Å². The van der Waals surface area contributed by atoms with Crippen LogP contribution in [0.1, 0.15) is 44.1 Å². The second-order valence-corrected chi connectivity index (χ2v) is 20.2. The maximum absolute atomic E-state index is 2.48. The number of thiophene rings is 1. The predicted molar refractivity (Wildman–Crippen MR) is 273 cm³/mol. The molecule has 0 aliphatic heterocycles. The first-order valence-corrected chi connectivity index (χ1v) is 24.1. The topological polar surface area (TPSA) is 3.24 Å². The Morgan fingerprint density at radius 1 is 0.375 bits per heavy atom. The van der Waals surface area contributed by atoms with Gasteiger partial charge in [-0.3, -0.25) is 0 Å². The number of hydrogen-bond donors (Lipinski definition) is 0. The van der Waals surface area contributed by atoms with E-state index < -0.39 is 0 Å². The quantitative estimate of drug-likeness (QED) is 0.147. The van der Waals surface area contributed by atoms with Crippen molar-refractivity contribution in [2.45, 2.75) is 43.9 Å². The molecule has 4 bridgehead atoms. The van der Waals surface area contributed by atoms with Crippen LogP contribution in [0.3, 0.4) is 0 Å². The first kappa shape index (κ1) is 37.8. The molecule has 0 spiro atoms. The van der Waals surface area contributed by atoms with Gasteiger partial charge in [0.05, 0.1) is 0 Å². The van der Waals surface area contributed by atoms with Crippen molar-refractivity contribution >= 4 is 59.3 Å². The Balaban J connectivity index is 0.864. The molecule has 4 aliphatic carbocycles. The second kappa shape index (κ2) is 15.2. The third-order valence-electron chi connectivity index (χ3n) is 15.3. The van der Waals surface area contributed by atoms with Crippen LogP contribution in [0.4, 0.5) is 17.1 Å². The third kappa shape index (κ3) is 6.41. The lowest BCUT2D eigenvalue weighted by atomic mass is 9.48. The minimum absolute atomic E-state index is 0.422. The van der Waals surface area contributed by atoms with E-state index in [1.165, 1.54) is 114 Å². The summed E-state index contributed by atoms with van der Waals surface area (Å²) < 4.78 is 2.67. The van der Waals surface area contributed by atoms with Crippen molar-refractivity contribution in [3.05, 3.63) is 212 Å². The van der Waals surface area contributed by atoms with Gasteiger partial charge >= 0.3 is 0 Å². The highest BCUT2D eigenvalue weighted by molar-refractivity contribution is 7.26. The molecule has 2 heteroatoms. The summed E-state index contributed by atoms with van der Waals surface area (Å²) in [4.78, 5) is 2.41. The van der Waals surface area contributed by atoms with Crippen molar-refractivity contribution in [1.29, 1.82) is 0 Å². The van der Waals surface area contributed by atoms with Crippen LogP contribution in [0.25, 0.3) is 75.5 Å². The lowest BCUT2D eigenvalue weighted by molar-refractivity contribution is -0.00518. The highest BCUT2D eigenvalue weighted by Gasteiger charge is 2.51. The van der Waals surface area contributed by atoms with Crippen molar-refractivity contribution in [1.82, 2.24) is 0 Å². The molecule has 0 atom stereocenters. The standard InChI is InChI=1S/C62H49NS/c1-2-9-46(10-3-1)54-14-6-11-49-12-7-15-55(60(49)54)47-23-31-52(32-24-47)63(53-33-25-48(26-34-53)56-16-8-17-58-57-13-4-5-18-59(57)64-61(56)58)51-29-21-45(22-30-51)44-19-27-50(28-20-44)62-38-41-35-42(39-62)37-43(36-41)40-62/h1-34,41-43H,35-40H2. The van der Waals surface area contributed by atoms with Crippen LogP contribution >= 0.6 is 11.3 Å². The normalized spacial score (nSPS) is 20.0. The summed E-state index contributed by atoms with van der Waals surface area (Å²) in [6.45, 7) is 0. The summed E-state index contributed by atoms with van der Waals surface area (Å²) in [6.07, 6.45) is 8.67. The van der Waals surface area contributed by atoms with Gasteiger partial charge < -0.3 is 4.90 Å². The molecular weight excluding hydrogens is 791 g/mol. The number of fused-ring (bicyclic) bond motifs is 4. The average molecular weight is 840 g/mol. The van der Waals surface area contributed by atoms with E-state index in [0.29, 0.717) is 5.41 Å². The molecule has 0 amide bonds. The SMILES string of the molecule is c1ccc(-c2cccc3cccc(-c4ccc(N(c5ccc(-c6ccc(C78CC9CC(CC(C9)C7)C8)cc6)cc5)c5ccc(-c6cccc7c6sc6ccccc67)cc5)cc4)c23)cc1. The zero-order chi connectivity index (χ0) is 42.2. The fourth-order valence-electron chi connectivity index (χ4n) is 12.7. The highest BCUT2D eigenvalue weighted by Crippen LogP contribution is 2.61. The highest BCUT2D eigenvalue weighted by atomic mass is 32.1. The van der Waals surface area contributed by atoms with E-state index in [9.17, 15) is 0 Å². The minimum Gasteiger partial charge on any atom is -0.311 e. The van der Waals surface area contributed by atoms with Gasteiger partial charge in [-0.2, -0.15) is 0 Å². The van der Waals surface area contributed by atoms with Gasteiger partial charge in [-0.1, -0.05) is 164 Å². The molecule has 1 aromatic heterocycles. The smallest absolute Gasteiger partial charge is 0.0462 e. The summed E-state index contributed by atoms with van der Waals surface area (Å²) in [5.41, 5.74) is 15.4. The van der Waals surface area contributed by atoms with Crippen LogP contribution in [-0.2, 0) is 5.41 Å². The Hall–Kier alpha value is -6.74. The molecule has 4 saturated carbocycles. The molecule has 64 heavy (non-hydrogen) atoms. The van der Waals surface area contributed by atoms with E-state index >= 15 is 0 Å². The van der Waals surface area contributed by atoms with E-state index in [2.05, 4.69) is 211 Å². The molecule has 0 unspecified atom stereocenters. The molecule has 1 nitrogen and oxygen atoms in total. The maximum Gasteiger partial charge on any atom is 0.0462 e. The van der Waals surface area contributed by atoms with Crippen molar-refractivity contribution in [2.75, 3.05) is 4.90 Å². The van der Waals surface area contributed by atoms with Crippen molar-refractivity contribution < 1.29 is 0 Å². The first-order valence-electron chi connectivity index (χ1n) is 23.3. The number of hydrogen-bond acceptors (Lipinski definition) is 2. The Kier molecular flexibility index (Phi) is 8.98. The van der Waals surface area contributed by atoms with Gasteiger partial charge in [0.25, 0.3) is 0 Å². The molecule has 14 rings (SSSR count). The molecule has 9 aromatic carbocycles. The van der Waals surface area contributed by atoms with Gasteiger partial charge in [0.2, 0.25) is 0 Å². The van der Waals surface area contributed by atoms with Crippen LogP contribution in [0.15, 0.2) is 206 Å². The Bertz CT molecular complexity index is 3280. The van der Waals surface area contributed by atoms with E-state index in [1.54, 1.807) is 5.56 Å². The van der Waals surface area contributed by atoms with Gasteiger partial charge in [0.15, 0.2) is 0 Å². The minimum atomic E-state index is 0.422. The molecule has 10 aromatic rings. The molecular formula is C62H49NS. The number of rotatable bonds is 8. The fraction of sp³-hybridized carbons (Fsp3) is 0.161. The van der Waals surface area contributed by atoms with Gasteiger partial charge in [-0.25, -0.2) is 0 Å². The monoisotopic (exact) mass is 839 g/mol. The summed E-state index contributed by atoms with van der Waals surface area (Å²) in [5, 5.41) is 5.19. The van der Waals surface area contributed by atoms with Gasteiger partial charge in [0, 0.05) is 37.2 Å². The van der Waals surface area contributed by atoms with Crippen molar-refractivity contribution in [2.24, 2.45) is 17.8 Å². The Morgan fingerprint density at radius 3 is 1.42 bits per heavy atom. The Morgan fingerprint density at radius 2 is 0.828 bits per heavy atom. The first-order chi connectivity index (χ1) is 31.6. The summed E-state index contributed by atoms with van der Waals surface area (Å²) in [6, 6.07) is 77.0. The average Bonchev–Trinajstić information content (AvgIpc) is 3.74. The van der Waals surface area contributed by atoms with Crippen molar-refractivity contribution in [3.8, 4) is 44.5 Å². The molecule has 0 radical (unpaired) electrons. The van der Waals surface area contributed by atoms with Crippen LogP contribution in [0, 0.1) is 17.8 Å². The molecule has 1 heterocycles. The van der Waals surface area contributed by atoms with Crippen LogP contribution in [0.2, 0.25) is 0 Å². The number of anilines is 3. The van der Waals surface area contributed by atoms with E-state index in [4.69, 9.17) is 0 Å². The van der Waals surface area contributed by atoms with Gasteiger partial charge in [-0.05, 0) is 165 Å². The van der Waals surface area contributed by atoms with E-state index in [0.717, 1.165) is 34.8 Å². The van der Waals surface area contributed by atoms with Gasteiger partial charge in [-0.15, -0.1) is 11.3 Å². The van der Waals surface area contributed by atoms with Gasteiger partial charge in [0.1, 0.15) is 0 Å². The molecule has 4 aliphatic rings.